The lowest BCUT2D eigenvalue weighted by Crippen LogP contribution is -2.37. The van der Waals surface area contributed by atoms with E-state index in [2.05, 4.69) is 15.1 Å². The maximum atomic E-state index is 13.9. The van der Waals surface area contributed by atoms with Crippen LogP contribution in [0.15, 0.2) is 10.6 Å². The molecule has 3 aromatic rings. The second kappa shape index (κ2) is 7.80. The van der Waals surface area contributed by atoms with Crippen LogP contribution in [-0.2, 0) is 4.74 Å². The molecule has 1 saturated carbocycles. The fourth-order valence-corrected chi connectivity index (χ4v) is 5.05. The summed E-state index contributed by atoms with van der Waals surface area (Å²) in [6.07, 6.45) is 3.93. The monoisotopic (exact) mass is 440 g/mol. The number of pyridine rings is 1. The van der Waals surface area contributed by atoms with Gasteiger partial charge in [-0.2, -0.15) is 0 Å². The highest BCUT2D eigenvalue weighted by Crippen LogP contribution is 2.41. The second-order valence-corrected chi connectivity index (χ2v) is 9.31. The second-order valence-electron chi connectivity index (χ2n) is 8.34. The first-order chi connectivity index (χ1) is 14.9. The van der Waals surface area contributed by atoms with Gasteiger partial charge in [0.1, 0.15) is 0 Å². The third kappa shape index (κ3) is 3.76. The van der Waals surface area contributed by atoms with Crippen LogP contribution in [0.5, 0.6) is 0 Å². The highest BCUT2D eigenvalue weighted by molar-refractivity contribution is 7.17. The maximum absolute atomic E-state index is 13.9. The van der Waals surface area contributed by atoms with Gasteiger partial charge in [-0.15, -0.1) is 0 Å². The van der Waals surface area contributed by atoms with Crippen LogP contribution in [-0.4, -0.2) is 46.1 Å². The van der Waals surface area contributed by atoms with Crippen LogP contribution >= 0.6 is 11.3 Å². The predicted octanol–water partition coefficient (Wildman–Crippen LogP) is 4.20. The van der Waals surface area contributed by atoms with Crippen molar-refractivity contribution >= 4 is 39.3 Å². The van der Waals surface area contributed by atoms with E-state index in [0.717, 1.165) is 31.4 Å². The van der Waals surface area contributed by atoms with Gasteiger partial charge in [-0.05, 0) is 45.6 Å². The van der Waals surface area contributed by atoms with Crippen LogP contribution in [0.2, 0.25) is 0 Å². The number of ketones is 1. The molecule has 1 saturated heterocycles. The molecule has 5 rings (SSSR count). The number of aryl methyl sites for hydroxylation is 2. The van der Waals surface area contributed by atoms with Crippen molar-refractivity contribution in [3.8, 4) is 0 Å². The van der Waals surface area contributed by atoms with Gasteiger partial charge in [0.2, 0.25) is 0 Å². The third-order valence-corrected chi connectivity index (χ3v) is 7.14. The van der Waals surface area contributed by atoms with Gasteiger partial charge in [0.05, 0.1) is 39.9 Å². The molecule has 0 radical (unpaired) electrons. The SMILES string of the molecule is CC(=O)c1sc(N(C[C@H]2CCCO2)C(=O)c2cc(C3CC3)nc3onc(C)c23)nc1C. The van der Waals surface area contributed by atoms with E-state index in [9.17, 15) is 9.59 Å². The van der Waals surface area contributed by atoms with Crippen molar-refractivity contribution in [2.75, 3.05) is 18.1 Å². The molecule has 3 aromatic heterocycles. The number of hydrogen-bond acceptors (Lipinski definition) is 8. The highest BCUT2D eigenvalue weighted by atomic mass is 32.1. The fourth-order valence-electron chi connectivity index (χ4n) is 4.08. The van der Waals surface area contributed by atoms with E-state index in [1.807, 2.05) is 13.0 Å². The number of aromatic nitrogens is 3. The largest absolute Gasteiger partial charge is 0.376 e. The maximum Gasteiger partial charge on any atom is 0.261 e. The molecule has 9 heteroatoms. The van der Waals surface area contributed by atoms with Crippen LogP contribution in [0, 0.1) is 13.8 Å². The Morgan fingerprint density at radius 1 is 1.19 bits per heavy atom. The zero-order valence-electron chi connectivity index (χ0n) is 17.8. The zero-order chi connectivity index (χ0) is 21.7. The number of carbonyl (C=O) groups excluding carboxylic acids is 2. The average molecular weight is 441 g/mol. The summed E-state index contributed by atoms with van der Waals surface area (Å²) in [5.74, 6) is 0.113. The Balaban J connectivity index is 1.60. The quantitative estimate of drug-likeness (QED) is 0.530. The first-order valence-corrected chi connectivity index (χ1v) is 11.4. The number of Topliss-reactive ketones (excluding diaryl/α,β-unsaturated/α-hetero) is 1. The van der Waals surface area contributed by atoms with Crippen molar-refractivity contribution in [1.29, 1.82) is 0 Å². The van der Waals surface area contributed by atoms with Gasteiger partial charge < -0.3 is 9.26 Å². The predicted molar refractivity (Wildman–Crippen MR) is 116 cm³/mol. The Labute approximate surface area is 183 Å². The molecule has 0 spiro atoms. The number of rotatable bonds is 6. The van der Waals surface area contributed by atoms with E-state index in [0.29, 0.717) is 57.1 Å². The summed E-state index contributed by atoms with van der Waals surface area (Å²) in [5, 5.41) is 5.19. The fraction of sp³-hybridized carbons (Fsp3) is 0.500. The molecule has 0 aromatic carbocycles. The summed E-state index contributed by atoms with van der Waals surface area (Å²) in [6.45, 7) is 6.21. The Hall–Kier alpha value is -2.65. The van der Waals surface area contributed by atoms with Crippen molar-refractivity contribution in [3.63, 3.8) is 0 Å². The van der Waals surface area contributed by atoms with Crippen molar-refractivity contribution in [2.45, 2.75) is 58.5 Å². The number of amides is 1. The van der Waals surface area contributed by atoms with Gasteiger partial charge in [0.25, 0.3) is 11.6 Å². The lowest BCUT2D eigenvalue weighted by molar-refractivity contribution is 0.0918. The Kier molecular flexibility index (Phi) is 5.10. The summed E-state index contributed by atoms with van der Waals surface area (Å²) >= 11 is 1.25. The van der Waals surface area contributed by atoms with E-state index < -0.39 is 0 Å². The molecule has 2 fully saturated rings. The van der Waals surface area contributed by atoms with Crippen LogP contribution < -0.4 is 4.90 Å². The summed E-state index contributed by atoms with van der Waals surface area (Å²) in [6, 6.07) is 1.88. The normalized spacial score (nSPS) is 18.6. The van der Waals surface area contributed by atoms with Gasteiger partial charge in [-0.3, -0.25) is 14.5 Å². The van der Waals surface area contributed by atoms with Crippen LogP contribution in [0.4, 0.5) is 5.13 Å². The first-order valence-electron chi connectivity index (χ1n) is 10.6. The lowest BCUT2D eigenvalue weighted by atomic mass is 10.1. The Morgan fingerprint density at radius 3 is 2.65 bits per heavy atom. The molecule has 0 bridgehead atoms. The summed E-state index contributed by atoms with van der Waals surface area (Å²) < 4.78 is 11.2. The molecule has 0 N–H and O–H groups in total. The van der Waals surface area contributed by atoms with E-state index in [1.54, 1.807) is 11.8 Å². The minimum atomic E-state index is -0.194. The third-order valence-electron chi connectivity index (χ3n) is 5.85. The number of fused-ring (bicyclic) bond motifs is 1. The standard InChI is InChI=1S/C22H24N4O4S/c1-11-18-16(9-17(14-6-7-14)24-20(18)30-25-11)21(28)26(10-15-5-4-8-29-15)22-23-12(2)19(31-22)13(3)27/h9,14-15H,4-8,10H2,1-3H3/t15-/m1/s1. The minimum Gasteiger partial charge on any atom is -0.376 e. The Morgan fingerprint density at radius 2 is 2.00 bits per heavy atom. The zero-order valence-corrected chi connectivity index (χ0v) is 18.6. The molecule has 1 aliphatic heterocycles. The molecule has 4 heterocycles. The van der Waals surface area contributed by atoms with Crippen molar-refractivity contribution in [3.05, 3.63) is 33.6 Å². The minimum absolute atomic E-state index is 0.0528. The summed E-state index contributed by atoms with van der Waals surface area (Å²) in [5.41, 5.74) is 3.04. The molecule has 1 amide bonds. The van der Waals surface area contributed by atoms with E-state index >= 15 is 0 Å². The van der Waals surface area contributed by atoms with Crippen LogP contribution in [0.25, 0.3) is 11.1 Å². The van der Waals surface area contributed by atoms with E-state index in [4.69, 9.17) is 9.26 Å². The smallest absolute Gasteiger partial charge is 0.261 e. The molecule has 31 heavy (non-hydrogen) atoms. The Bertz CT molecular complexity index is 1170. The number of anilines is 1. The number of hydrogen-bond donors (Lipinski definition) is 0. The molecule has 162 valence electrons. The molecule has 1 aliphatic carbocycles. The van der Waals surface area contributed by atoms with Gasteiger partial charge in [-0.1, -0.05) is 16.5 Å². The molecular formula is C22H24N4O4S. The summed E-state index contributed by atoms with van der Waals surface area (Å²) in [7, 11) is 0. The van der Waals surface area contributed by atoms with E-state index in [-0.39, 0.29) is 17.8 Å². The molecule has 8 nitrogen and oxygen atoms in total. The highest BCUT2D eigenvalue weighted by Gasteiger charge is 2.33. The number of thiazole rings is 1. The van der Waals surface area contributed by atoms with Gasteiger partial charge in [0.15, 0.2) is 10.9 Å². The topological polar surface area (TPSA) is 98.4 Å². The van der Waals surface area contributed by atoms with Gasteiger partial charge in [-0.25, -0.2) is 9.97 Å². The summed E-state index contributed by atoms with van der Waals surface area (Å²) in [4.78, 5) is 37.3. The molecule has 1 atom stereocenters. The van der Waals surface area contributed by atoms with Gasteiger partial charge >= 0.3 is 0 Å². The average Bonchev–Trinajstić information content (AvgIpc) is 3.13. The van der Waals surface area contributed by atoms with Crippen LogP contribution in [0.3, 0.4) is 0 Å². The molecular weight excluding hydrogens is 416 g/mol. The number of ether oxygens (including phenoxy) is 1. The number of nitrogens with zero attached hydrogens (tertiary/aromatic N) is 4. The molecule has 0 unspecified atom stereocenters. The lowest BCUT2D eigenvalue weighted by Gasteiger charge is -2.23. The van der Waals surface area contributed by atoms with Crippen molar-refractivity contribution < 1.29 is 18.8 Å². The first kappa shape index (κ1) is 20.3. The van der Waals surface area contributed by atoms with E-state index in [1.165, 1.54) is 18.3 Å². The number of carbonyl (C=O) groups is 2. The van der Waals surface area contributed by atoms with Gasteiger partial charge in [0, 0.05) is 25.1 Å². The molecule has 2 aliphatic rings. The van der Waals surface area contributed by atoms with Crippen molar-refractivity contribution in [1.82, 2.24) is 15.1 Å². The van der Waals surface area contributed by atoms with Crippen LogP contribution in [0.1, 0.15) is 75.6 Å². The van der Waals surface area contributed by atoms with Crippen molar-refractivity contribution in [2.24, 2.45) is 0 Å².